The second kappa shape index (κ2) is 8.60. The van der Waals surface area contributed by atoms with Gasteiger partial charge in [0.1, 0.15) is 5.00 Å². The highest BCUT2D eigenvalue weighted by Crippen LogP contribution is 2.38. The van der Waals surface area contributed by atoms with Crippen molar-refractivity contribution in [2.75, 3.05) is 11.9 Å². The molecule has 9 nitrogen and oxygen atoms in total. The summed E-state index contributed by atoms with van der Waals surface area (Å²) in [5, 5.41) is 14.6. The molecule has 158 valence electrons. The highest BCUT2D eigenvalue weighted by atomic mass is 32.1. The van der Waals surface area contributed by atoms with Gasteiger partial charge >= 0.3 is 0 Å². The van der Waals surface area contributed by atoms with Crippen molar-refractivity contribution in [3.63, 3.8) is 0 Å². The van der Waals surface area contributed by atoms with Gasteiger partial charge in [0.25, 0.3) is 11.8 Å². The van der Waals surface area contributed by atoms with E-state index >= 15 is 0 Å². The van der Waals surface area contributed by atoms with Crippen LogP contribution >= 0.6 is 23.1 Å². The van der Waals surface area contributed by atoms with E-state index in [2.05, 4.69) is 29.7 Å². The van der Waals surface area contributed by atoms with Crippen molar-refractivity contribution in [3.8, 4) is 0 Å². The van der Waals surface area contributed by atoms with E-state index in [0.29, 0.717) is 29.3 Å². The Hall–Kier alpha value is -2.66. The van der Waals surface area contributed by atoms with E-state index in [1.807, 2.05) is 13.8 Å². The molecular weight excluding hydrogens is 422 g/mol. The quantitative estimate of drug-likeness (QED) is 0.603. The Kier molecular flexibility index (Phi) is 5.91. The molecule has 30 heavy (non-hydrogen) atoms. The van der Waals surface area contributed by atoms with E-state index in [-0.39, 0.29) is 17.5 Å². The number of nitrogens with one attached hydrogen (secondary N) is 2. The van der Waals surface area contributed by atoms with Crippen molar-refractivity contribution in [1.29, 1.82) is 0 Å². The van der Waals surface area contributed by atoms with Crippen molar-refractivity contribution in [2.45, 2.75) is 53.0 Å². The molecule has 1 aliphatic rings. The molecule has 0 bridgehead atoms. The molecule has 0 spiro atoms. The first kappa shape index (κ1) is 20.6. The van der Waals surface area contributed by atoms with Crippen molar-refractivity contribution in [3.05, 3.63) is 38.8 Å². The summed E-state index contributed by atoms with van der Waals surface area (Å²) in [6.07, 6.45) is 3.97. The lowest BCUT2D eigenvalue weighted by atomic mass is 9.95. The number of nitrogens with zero attached hydrogens (tertiary/aromatic N) is 5. The summed E-state index contributed by atoms with van der Waals surface area (Å²) in [5.74, 6) is -0.505. The number of hydrogen-bond donors (Lipinski definition) is 2. The Morgan fingerprint density at radius 2 is 1.93 bits per heavy atom. The summed E-state index contributed by atoms with van der Waals surface area (Å²) in [6.45, 7) is 6.52. The molecule has 11 heteroatoms. The number of aromatic nitrogens is 5. The van der Waals surface area contributed by atoms with Gasteiger partial charge in [-0.3, -0.25) is 9.59 Å². The van der Waals surface area contributed by atoms with Crippen LogP contribution in [0, 0.1) is 13.8 Å². The molecule has 0 radical (unpaired) electrons. The topological polar surface area (TPSA) is 115 Å². The third-order valence-electron chi connectivity index (χ3n) is 5.21. The van der Waals surface area contributed by atoms with Crippen LogP contribution in [-0.4, -0.2) is 42.1 Å². The van der Waals surface area contributed by atoms with E-state index in [1.165, 1.54) is 16.2 Å². The Labute approximate surface area is 182 Å². The number of amides is 2. The first-order valence-electron chi connectivity index (χ1n) is 9.91. The second-order valence-electron chi connectivity index (χ2n) is 7.21. The first-order valence-corrected chi connectivity index (χ1v) is 11.5. The number of anilines is 1. The average molecular weight is 446 g/mol. The maximum absolute atomic E-state index is 13.0. The monoisotopic (exact) mass is 445 g/mol. The van der Waals surface area contributed by atoms with E-state index in [1.54, 1.807) is 11.6 Å². The van der Waals surface area contributed by atoms with Crippen LogP contribution in [0.2, 0.25) is 0 Å². The third kappa shape index (κ3) is 3.86. The lowest BCUT2D eigenvalue weighted by Gasteiger charge is -2.12. The van der Waals surface area contributed by atoms with Crippen molar-refractivity contribution >= 4 is 39.9 Å². The van der Waals surface area contributed by atoms with Gasteiger partial charge in [0.05, 0.1) is 40.9 Å². The largest absolute Gasteiger partial charge is 0.352 e. The maximum atomic E-state index is 13.0. The van der Waals surface area contributed by atoms with Crippen LogP contribution in [0.4, 0.5) is 5.00 Å². The van der Waals surface area contributed by atoms with Crippen LogP contribution in [-0.2, 0) is 19.4 Å². The number of aryl methyl sites for hydroxylation is 2. The van der Waals surface area contributed by atoms with Crippen LogP contribution in [0.25, 0.3) is 0 Å². The van der Waals surface area contributed by atoms with Crippen LogP contribution in [0.5, 0.6) is 0 Å². The van der Waals surface area contributed by atoms with E-state index < -0.39 is 0 Å². The standard InChI is InChI=1S/C19H23N7O2S2/c1-4-20-17(27)15-12-7-5-6-8-14(12)29-19(15)21-18(28)16-11(3)26(25-22-16)9-13-10(2)23-30-24-13/h4-9H2,1-3H3,(H,20,27)(H,21,28). The smallest absolute Gasteiger partial charge is 0.278 e. The first-order chi connectivity index (χ1) is 14.5. The van der Waals surface area contributed by atoms with Gasteiger partial charge in [-0.05, 0) is 52.0 Å². The number of hydrogen-bond acceptors (Lipinski definition) is 8. The molecule has 0 aromatic carbocycles. The third-order valence-corrected chi connectivity index (χ3v) is 7.07. The summed E-state index contributed by atoms with van der Waals surface area (Å²) >= 11 is 2.64. The van der Waals surface area contributed by atoms with Gasteiger partial charge in [0.15, 0.2) is 5.69 Å². The van der Waals surface area contributed by atoms with Gasteiger partial charge in [-0.25, -0.2) is 4.68 Å². The second-order valence-corrected chi connectivity index (χ2v) is 8.84. The fraction of sp³-hybridized carbons (Fsp3) is 0.474. The molecule has 2 amide bonds. The Morgan fingerprint density at radius 3 is 2.67 bits per heavy atom. The van der Waals surface area contributed by atoms with Crippen LogP contribution in [0.3, 0.4) is 0 Å². The molecule has 4 rings (SSSR count). The normalized spacial score (nSPS) is 13.2. The summed E-state index contributed by atoms with van der Waals surface area (Å²) < 4.78 is 10.1. The van der Waals surface area contributed by atoms with Gasteiger partial charge in [-0.2, -0.15) is 8.75 Å². The zero-order chi connectivity index (χ0) is 21.3. The fourth-order valence-corrected chi connectivity index (χ4v) is 5.40. The van der Waals surface area contributed by atoms with E-state index in [9.17, 15) is 9.59 Å². The molecule has 0 fully saturated rings. The zero-order valence-corrected chi connectivity index (χ0v) is 18.7. The van der Waals surface area contributed by atoms with E-state index in [0.717, 1.165) is 54.4 Å². The van der Waals surface area contributed by atoms with Crippen molar-refractivity contribution in [2.24, 2.45) is 0 Å². The molecule has 0 aliphatic heterocycles. The molecule has 3 aromatic heterocycles. The Balaban J connectivity index is 1.59. The van der Waals surface area contributed by atoms with Crippen molar-refractivity contribution < 1.29 is 9.59 Å². The molecule has 3 aromatic rings. The fourth-order valence-electron chi connectivity index (χ4n) is 3.56. The van der Waals surface area contributed by atoms with Crippen LogP contribution in [0.15, 0.2) is 0 Å². The SMILES string of the molecule is CCNC(=O)c1c(NC(=O)c2nnn(Cc3nsnc3C)c2C)sc2c1CCCC2. The number of carbonyl (C=O) groups is 2. The summed E-state index contributed by atoms with van der Waals surface area (Å²) in [6, 6.07) is 0. The molecule has 0 unspecified atom stereocenters. The minimum atomic E-state index is -0.365. The summed E-state index contributed by atoms with van der Waals surface area (Å²) in [7, 11) is 0. The molecule has 3 heterocycles. The average Bonchev–Trinajstić information content (AvgIpc) is 3.40. The summed E-state index contributed by atoms with van der Waals surface area (Å²) in [5.41, 5.74) is 4.20. The number of fused-ring (bicyclic) bond motifs is 1. The molecular formula is C19H23N7O2S2. The number of rotatable bonds is 6. The molecule has 1 aliphatic carbocycles. The predicted octanol–water partition coefficient (Wildman–Crippen LogP) is 2.74. The minimum absolute atomic E-state index is 0.140. The number of thiophene rings is 1. The lowest BCUT2D eigenvalue weighted by Crippen LogP contribution is -2.25. The maximum Gasteiger partial charge on any atom is 0.278 e. The highest BCUT2D eigenvalue weighted by Gasteiger charge is 2.27. The molecule has 0 saturated carbocycles. The molecule has 0 atom stereocenters. The van der Waals surface area contributed by atoms with Crippen LogP contribution < -0.4 is 10.6 Å². The molecule has 0 saturated heterocycles. The zero-order valence-electron chi connectivity index (χ0n) is 17.1. The summed E-state index contributed by atoms with van der Waals surface area (Å²) in [4.78, 5) is 26.9. The lowest BCUT2D eigenvalue weighted by molar-refractivity contribution is 0.0956. The Morgan fingerprint density at radius 1 is 1.13 bits per heavy atom. The van der Waals surface area contributed by atoms with Gasteiger partial charge in [0, 0.05) is 11.4 Å². The van der Waals surface area contributed by atoms with Gasteiger partial charge in [-0.1, -0.05) is 5.21 Å². The van der Waals surface area contributed by atoms with Crippen molar-refractivity contribution in [1.82, 2.24) is 29.1 Å². The predicted molar refractivity (Wildman–Crippen MR) is 115 cm³/mol. The van der Waals surface area contributed by atoms with Gasteiger partial charge in [-0.15, -0.1) is 16.4 Å². The Bertz CT molecular complexity index is 1100. The number of carbonyl (C=O) groups excluding carboxylic acids is 2. The highest BCUT2D eigenvalue weighted by molar-refractivity contribution is 7.17. The van der Waals surface area contributed by atoms with Gasteiger partial charge < -0.3 is 10.6 Å². The molecule has 2 N–H and O–H groups in total. The minimum Gasteiger partial charge on any atom is -0.352 e. The van der Waals surface area contributed by atoms with Crippen LogP contribution in [0.1, 0.15) is 68.1 Å². The van der Waals surface area contributed by atoms with Gasteiger partial charge in [0.2, 0.25) is 0 Å². The van der Waals surface area contributed by atoms with E-state index in [4.69, 9.17) is 0 Å².